The maximum absolute atomic E-state index is 6.53. The van der Waals surface area contributed by atoms with E-state index in [2.05, 4.69) is 20.8 Å². The van der Waals surface area contributed by atoms with Crippen molar-refractivity contribution in [2.24, 2.45) is 11.7 Å². The van der Waals surface area contributed by atoms with Gasteiger partial charge in [0.05, 0.1) is 11.2 Å². The predicted octanol–water partition coefficient (Wildman–Crippen LogP) is 3.38. The van der Waals surface area contributed by atoms with Gasteiger partial charge in [-0.25, -0.2) is 4.98 Å². The van der Waals surface area contributed by atoms with Crippen LogP contribution in [-0.4, -0.2) is 4.98 Å². The number of rotatable bonds is 3. The fraction of sp³-hybridized carbons (Fsp3) is 0.769. The van der Waals surface area contributed by atoms with Crippen LogP contribution >= 0.6 is 11.3 Å². The van der Waals surface area contributed by atoms with Gasteiger partial charge in [-0.15, -0.1) is 11.3 Å². The standard InChI is InChI=1S/C13H22N2S/c1-4-11-9(2)16-12(15-11)13(3,14)10-7-5-6-8-10/h10H,4-8,14H2,1-3H3. The summed E-state index contributed by atoms with van der Waals surface area (Å²) in [6, 6.07) is 0. The Labute approximate surface area is 102 Å². The van der Waals surface area contributed by atoms with Crippen LogP contribution in [0.3, 0.4) is 0 Å². The van der Waals surface area contributed by atoms with Gasteiger partial charge in [0.15, 0.2) is 0 Å². The van der Waals surface area contributed by atoms with Crippen LogP contribution < -0.4 is 5.73 Å². The summed E-state index contributed by atoms with van der Waals surface area (Å²) in [5, 5.41) is 1.15. The minimum atomic E-state index is -0.209. The summed E-state index contributed by atoms with van der Waals surface area (Å²) in [5.74, 6) is 0.628. The first-order chi connectivity index (χ1) is 7.55. The molecule has 3 heteroatoms. The van der Waals surface area contributed by atoms with Crippen molar-refractivity contribution in [2.75, 3.05) is 0 Å². The van der Waals surface area contributed by atoms with Crippen LogP contribution in [-0.2, 0) is 12.0 Å². The molecule has 90 valence electrons. The number of hydrogen-bond donors (Lipinski definition) is 1. The molecule has 0 amide bonds. The number of aryl methyl sites for hydroxylation is 2. The fourth-order valence-corrected chi connectivity index (χ4v) is 3.83. The highest BCUT2D eigenvalue weighted by Gasteiger charge is 2.36. The zero-order valence-corrected chi connectivity index (χ0v) is 11.4. The highest BCUT2D eigenvalue weighted by Crippen LogP contribution is 2.40. The maximum Gasteiger partial charge on any atom is 0.113 e. The van der Waals surface area contributed by atoms with Crippen LogP contribution in [0.5, 0.6) is 0 Å². The summed E-state index contributed by atoms with van der Waals surface area (Å²) in [4.78, 5) is 6.08. The van der Waals surface area contributed by atoms with Gasteiger partial charge in [-0.3, -0.25) is 0 Å². The number of nitrogens with two attached hydrogens (primary N) is 1. The molecule has 0 aliphatic heterocycles. The van der Waals surface area contributed by atoms with Gasteiger partial charge in [0, 0.05) is 4.88 Å². The van der Waals surface area contributed by atoms with Gasteiger partial charge in [0.25, 0.3) is 0 Å². The lowest BCUT2D eigenvalue weighted by atomic mass is 9.86. The second-order valence-corrected chi connectivity index (χ2v) is 6.34. The van der Waals surface area contributed by atoms with Crippen LogP contribution in [0.4, 0.5) is 0 Å². The molecule has 0 radical (unpaired) electrons. The topological polar surface area (TPSA) is 38.9 Å². The molecule has 1 aromatic heterocycles. The molecule has 0 aromatic carbocycles. The van der Waals surface area contributed by atoms with Crippen molar-refractivity contribution in [1.29, 1.82) is 0 Å². The summed E-state index contributed by atoms with van der Waals surface area (Å²) < 4.78 is 0. The van der Waals surface area contributed by atoms with Crippen molar-refractivity contribution in [3.63, 3.8) is 0 Å². The monoisotopic (exact) mass is 238 g/mol. The number of nitrogens with zero attached hydrogens (tertiary/aromatic N) is 1. The van der Waals surface area contributed by atoms with E-state index in [1.165, 1.54) is 36.3 Å². The first-order valence-corrected chi connectivity index (χ1v) is 7.13. The van der Waals surface area contributed by atoms with E-state index in [0.29, 0.717) is 5.92 Å². The number of hydrogen-bond acceptors (Lipinski definition) is 3. The highest BCUT2D eigenvalue weighted by molar-refractivity contribution is 7.11. The van der Waals surface area contributed by atoms with E-state index in [9.17, 15) is 0 Å². The minimum absolute atomic E-state index is 0.209. The van der Waals surface area contributed by atoms with Crippen molar-refractivity contribution in [3.8, 4) is 0 Å². The molecule has 1 unspecified atom stereocenters. The van der Waals surface area contributed by atoms with Crippen molar-refractivity contribution in [2.45, 2.75) is 58.4 Å². The van der Waals surface area contributed by atoms with Gasteiger partial charge < -0.3 is 5.73 Å². The molecule has 2 N–H and O–H groups in total. The Bertz CT molecular complexity index is 362. The molecule has 0 spiro atoms. The highest BCUT2D eigenvalue weighted by atomic mass is 32.1. The molecule has 1 aliphatic carbocycles. The lowest BCUT2D eigenvalue weighted by Gasteiger charge is -2.29. The molecule has 0 saturated heterocycles. The maximum atomic E-state index is 6.53. The van der Waals surface area contributed by atoms with E-state index in [-0.39, 0.29) is 5.54 Å². The van der Waals surface area contributed by atoms with E-state index >= 15 is 0 Å². The summed E-state index contributed by atoms with van der Waals surface area (Å²) in [5.41, 5.74) is 7.55. The molecular formula is C13H22N2S. The summed E-state index contributed by atoms with van der Waals surface area (Å²) in [6.45, 7) is 6.49. The molecule has 1 atom stereocenters. The Balaban J connectivity index is 2.26. The van der Waals surface area contributed by atoms with E-state index in [1.54, 1.807) is 11.3 Å². The molecule has 0 bridgehead atoms. The van der Waals surface area contributed by atoms with Crippen molar-refractivity contribution in [1.82, 2.24) is 4.98 Å². The summed E-state index contributed by atoms with van der Waals surface area (Å²) >= 11 is 1.80. The Kier molecular flexibility index (Phi) is 3.36. The first kappa shape index (κ1) is 12.1. The molecule has 1 fully saturated rings. The van der Waals surface area contributed by atoms with Crippen molar-refractivity contribution in [3.05, 3.63) is 15.6 Å². The summed E-state index contributed by atoms with van der Waals surface area (Å²) in [7, 11) is 0. The normalized spacial score (nSPS) is 21.2. The van der Waals surface area contributed by atoms with Gasteiger partial charge >= 0.3 is 0 Å². The number of thiazole rings is 1. The molecular weight excluding hydrogens is 216 g/mol. The van der Waals surface area contributed by atoms with Crippen LogP contribution in [0.15, 0.2) is 0 Å². The second kappa shape index (κ2) is 4.46. The fourth-order valence-electron chi connectivity index (χ4n) is 2.69. The van der Waals surface area contributed by atoms with Crippen LogP contribution in [0.1, 0.15) is 55.1 Å². The average Bonchev–Trinajstić information content (AvgIpc) is 2.85. The van der Waals surface area contributed by atoms with Gasteiger partial charge in [-0.2, -0.15) is 0 Å². The Morgan fingerprint density at radius 1 is 1.44 bits per heavy atom. The molecule has 2 rings (SSSR count). The Hall–Kier alpha value is -0.410. The largest absolute Gasteiger partial charge is 0.319 e. The molecule has 1 aromatic rings. The third-order valence-corrected chi connectivity index (χ3v) is 5.16. The molecule has 1 aliphatic rings. The van der Waals surface area contributed by atoms with Crippen molar-refractivity contribution >= 4 is 11.3 Å². The SMILES string of the molecule is CCc1nc(C(C)(N)C2CCCC2)sc1C. The second-order valence-electron chi connectivity index (χ2n) is 5.14. The van der Waals surface area contributed by atoms with E-state index < -0.39 is 0 Å². The average molecular weight is 238 g/mol. The molecule has 16 heavy (non-hydrogen) atoms. The van der Waals surface area contributed by atoms with E-state index in [1.807, 2.05) is 0 Å². The molecule has 1 heterocycles. The molecule has 1 saturated carbocycles. The van der Waals surface area contributed by atoms with Gasteiger partial charge in [0.1, 0.15) is 5.01 Å². The lowest BCUT2D eigenvalue weighted by molar-refractivity contribution is 0.305. The zero-order chi connectivity index (χ0) is 11.8. The van der Waals surface area contributed by atoms with Gasteiger partial charge in [-0.05, 0) is 39.0 Å². The number of aromatic nitrogens is 1. The van der Waals surface area contributed by atoms with Gasteiger partial charge in [-0.1, -0.05) is 19.8 Å². The van der Waals surface area contributed by atoms with Crippen LogP contribution in [0, 0.1) is 12.8 Å². The van der Waals surface area contributed by atoms with Gasteiger partial charge in [0.2, 0.25) is 0 Å². The van der Waals surface area contributed by atoms with Crippen molar-refractivity contribution < 1.29 is 0 Å². The van der Waals surface area contributed by atoms with Crippen LogP contribution in [0.25, 0.3) is 0 Å². The first-order valence-electron chi connectivity index (χ1n) is 6.31. The molecule has 2 nitrogen and oxygen atoms in total. The summed E-state index contributed by atoms with van der Waals surface area (Å²) in [6.07, 6.45) is 6.23. The minimum Gasteiger partial charge on any atom is -0.319 e. The van der Waals surface area contributed by atoms with Crippen LogP contribution in [0.2, 0.25) is 0 Å². The third-order valence-electron chi connectivity index (χ3n) is 3.89. The van der Waals surface area contributed by atoms with E-state index in [4.69, 9.17) is 10.7 Å². The quantitative estimate of drug-likeness (QED) is 0.876. The lowest BCUT2D eigenvalue weighted by Crippen LogP contribution is -2.40. The predicted molar refractivity (Wildman–Crippen MR) is 69.7 cm³/mol. The zero-order valence-electron chi connectivity index (χ0n) is 10.5. The smallest absolute Gasteiger partial charge is 0.113 e. The third kappa shape index (κ3) is 2.03. The Morgan fingerprint density at radius 3 is 2.56 bits per heavy atom. The van der Waals surface area contributed by atoms with E-state index in [0.717, 1.165) is 11.4 Å². The Morgan fingerprint density at radius 2 is 2.06 bits per heavy atom.